The Morgan fingerprint density at radius 1 is 1.32 bits per heavy atom. The Hall–Kier alpha value is -1.56. The van der Waals surface area contributed by atoms with E-state index in [1.807, 2.05) is 20.8 Å². The van der Waals surface area contributed by atoms with Gasteiger partial charge in [-0.1, -0.05) is 20.8 Å². The van der Waals surface area contributed by atoms with Gasteiger partial charge in [0.1, 0.15) is 5.69 Å². The molecule has 102 valence electrons. The number of hydrogen-bond donors (Lipinski definition) is 0. The van der Waals surface area contributed by atoms with Crippen LogP contribution in [0.25, 0.3) is 11.7 Å². The van der Waals surface area contributed by atoms with E-state index >= 15 is 0 Å². The monoisotopic (exact) mass is 327 g/mol. The summed E-state index contributed by atoms with van der Waals surface area (Å²) in [6, 6.07) is 3.44. The molecule has 2 heterocycles. The molecule has 0 atom stereocenters. The van der Waals surface area contributed by atoms with Gasteiger partial charge in [0.15, 0.2) is 10.4 Å². The summed E-state index contributed by atoms with van der Waals surface area (Å²) in [4.78, 5) is 16.1. The van der Waals surface area contributed by atoms with Crippen molar-refractivity contribution in [3.8, 4) is 11.7 Å². The van der Waals surface area contributed by atoms with Crippen LogP contribution in [0.4, 0.5) is 0 Å². The van der Waals surface area contributed by atoms with Gasteiger partial charge in [0, 0.05) is 5.41 Å². The van der Waals surface area contributed by atoms with Crippen LogP contribution >= 0.6 is 15.9 Å². The highest BCUT2D eigenvalue weighted by Crippen LogP contribution is 2.32. The van der Waals surface area contributed by atoms with Crippen molar-refractivity contribution in [3.05, 3.63) is 28.3 Å². The van der Waals surface area contributed by atoms with E-state index < -0.39 is 5.97 Å². The average molecular weight is 328 g/mol. The fraction of sp³-hybridized carbons (Fsp3) is 0.385. The molecular weight excluding hydrogens is 314 g/mol. The van der Waals surface area contributed by atoms with E-state index in [4.69, 9.17) is 13.6 Å². The second-order valence-electron chi connectivity index (χ2n) is 5.04. The van der Waals surface area contributed by atoms with Crippen LogP contribution in [-0.2, 0) is 10.2 Å². The maximum Gasteiger partial charge on any atom is 0.376 e. The molecule has 0 radical (unpaired) electrons. The number of aromatic nitrogens is 1. The summed E-state index contributed by atoms with van der Waals surface area (Å²) in [5.74, 6) is 0.273. The largest absolute Gasteiger partial charge is 0.463 e. The SMILES string of the molecule is COC(=O)c1oc(-c2ccc(Br)o2)nc1C(C)(C)C. The molecule has 6 heteroatoms. The van der Waals surface area contributed by atoms with Crippen LogP contribution < -0.4 is 0 Å². The van der Waals surface area contributed by atoms with E-state index in [0.717, 1.165) is 0 Å². The number of furan rings is 1. The van der Waals surface area contributed by atoms with Gasteiger partial charge >= 0.3 is 5.97 Å². The summed E-state index contributed by atoms with van der Waals surface area (Å²) in [5.41, 5.74) is 0.205. The molecule has 0 N–H and O–H groups in total. The van der Waals surface area contributed by atoms with Crippen LogP contribution in [0, 0.1) is 0 Å². The van der Waals surface area contributed by atoms with Crippen LogP contribution in [0.5, 0.6) is 0 Å². The second kappa shape index (κ2) is 4.85. The minimum atomic E-state index is -0.547. The number of carbonyl (C=O) groups excluding carboxylic acids is 1. The van der Waals surface area contributed by atoms with E-state index in [2.05, 4.69) is 20.9 Å². The lowest BCUT2D eigenvalue weighted by Gasteiger charge is -2.15. The maximum absolute atomic E-state index is 11.7. The van der Waals surface area contributed by atoms with E-state index in [1.54, 1.807) is 12.1 Å². The first-order valence-corrected chi connectivity index (χ1v) is 6.47. The normalized spacial score (nSPS) is 11.6. The molecule has 0 aromatic carbocycles. The summed E-state index contributed by atoms with van der Waals surface area (Å²) < 4.78 is 16.1. The van der Waals surface area contributed by atoms with Crippen LogP contribution in [0.2, 0.25) is 0 Å². The highest BCUT2D eigenvalue weighted by Gasteiger charge is 2.30. The van der Waals surface area contributed by atoms with Crippen LogP contribution in [0.15, 0.2) is 25.6 Å². The van der Waals surface area contributed by atoms with Crippen molar-refractivity contribution in [1.82, 2.24) is 4.98 Å². The number of oxazole rings is 1. The van der Waals surface area contributed by atoms with E-state index in [-0.39, 0.29) is 17.1 Å². The lowest BCUT2D eigenvalue weighted by molar-refractivity contribution is 0.0562. The summed E-state index contributed by atoms with van der Waals surface area (Å²) >= 11 is 3.21. The van der Waals surface area contributed by atoms with Gasteiger partial charge in [0.2, 0.25) is 5.76 Å². The molecule has 2 aromatic heterocycles. The van der Waals surface area contributed by atoms with Gasteiger partial charge < -0.3 is 13.6 Å². The third-order valence-corrected chi connectivity index (χ3v) is 2.92. The molecule has 0 unspecified atom stereocenters. The van der Waals surface area contributed by atoms with Crippen molar-refractivity contribution in [3.63, 3.8) is 0 Å². The third-order valence-electron chi connectivity index (χ3n) is 2.49. The maximum atomic E-state index is 11.7. The number of rotatable bonds is 2. The molecular formula is C13H14BrNO4. The molecule has 0 saturated heterocycles. The molecule has 2 aromatic rings. The van der Waals surface area contributed by atoms with Crippen molar-refractivity contribution in [1.29, 1.82) is 0 Å². The van der Waals surface area contributed by atoms with Gasteiger partial charge in [-0.2, -0.15) is 0 Å². The predicted octanol–water partition coefficient (Wildman–Crippen LogP) is 3.78. The minimum absolute atomic E-state index is 0.109. The highest BCUT2D eigenvalue weighted by atomic mass is 79.9. The van der Waals surface area contributed by atoms with Crippen molar-refractivity contribution in [2.24, 2.45) is 0 Å². The van der Waals surface area contributed by atoms with Gasteiger partial charge in [0.25, 0.3) is 5.89 Å². The smallest absolute Gasteiger partial charge is 0.376 e. The van der Waals surface area contributed by atoms with Crippen LogP contribution in [0.1, 0.15) is 37.0 Å². The third kappa shape index (κ3) is 2.73. The summed E-state index contributed by atoms with van der Waals surface area (Å²) in [6.45, 7) is 5.83. The van der Waals surface area contributed by atoms with Gasteiger partial charge in [-0.3, -0.25) is 0 Å². The zero-order valence-electron chi connectivity index (χ0n) is 11.1. The summed E-state index contributed by atoms with van der Waals surface area (Å²) in [5, 5.41) is 0. The number of carbonyl (C=O) groups is 1. The topological polar surface area (TPSA) is 65.5 Å². The molecule has 0 aliphatic carbocycles. The van der Waals surface area contributed by atoms with E-state index in [0.29, 0.717) is 16.1 Å². The number of ether oxygens (including phenoxy) is 1. The molecule has 0 aliphatic rings. The Morgan fingerprint density at radius 3 is 2.47 bits per heavy atom. The Bertz CT molecular complexity index is 606. The second-order valence-corrected chi connectivity index (χ2v) is 5.82. The number of nitrogens with zero attached hydrogens (tertiary/aromatic N) is 1. The summed E-state index contributed by atoms with van der Waals surface area (Å²) in [6.07, 6.45) is 0. The van der Waals surface area contributed by atoms with Crippen LogP contribution in [0.3, 0.4) is 0 Å². The number of esters is 1. The Labute approximate surface area is 119 Å². The van der Waals surface area contributed by atoms with Crippen molar-refractivity contribution < 1.29 is 18.4 Å². The summed E-state index contributed by atoms with van der Waals surface area (Å²) in [7, 11) is 1.31. The first kappa shape index (κ1) is 13.9. The lowest BCUT2D eigenvalue weighted by Crippen LogP contribution is -2.17. The first-order chi connectivity index (χ1) is 8.82. The minimum Gasteiger partial charge on any atom is -0.463 e. The molecule has 2 rings (SSSR count). The van der Waals surface area contributed by atoms with Crippen LogP contribution in [-0.4, -0.2) is 18.1 Å². The average Bonchev–Trinajstić information content (AvgIpc) is 2.92. The van der Waals surface area contributed by atoms with Crippen molar-refractivity contribution in [2.75, 3.05) is 7.11 Å². The first-order valence-electron chi connectivity index (χ1n) is 5.68. The molecule has 0 spiro atoms. The molecule has 5 nitrogen and oxygen atoms in total. The molecule has 0 amide bonds. The fourth-order valence-electron chi connectivity index (χ4n) is 1.59. The zero-order chi connectivity index (χ0) is 14.2. The van der Waals surface area contributed by atoms with E-state index in [9.17, 15) is 4.79 Å². The van der Waals surface area contributed by atoms with Crippen molar-refractivity contribution >= 4 is 21.9 Å². The van der Waals surface area contributed by atoms with Gasteiger partial charge in [-0.05, 0) is 28.1 Å². The van der Waals surface area contributed by atoms with E-state index in [1.165, 1.54) is 7.11 Å². The van der Waals surface area contributed by atoms with Gasteiger partial charge in [-0.25, -0.2) is 9.78 Å². The number of halogens is 1. The molecule has 0 aliphatic heterocycles. The van der Waals surface area contributed by atoms with Gasteiger partial charge in [-0.15, -0.1) is 0 Å². The zero-order valence-corrected chi connectivity index (χ0v) is 12.7. The molecule has 19 heavy (non-hydrogen) atoms. The number of methoxy groups -OCH3 is 1. The fourth-order valence-corrected chi connectivity index (χ4v) is 1.90. The lowest BCUT2D eigenvalue weighted by atomic mass is 9.91. The Balaban J connectivity index is 2.54. The quantitative estimate of drug-likeness (QED) is 0.785. The van der Waals surface area contributed by atoms with Gasteiger partial charge in [0.05, 0.1) is 7.11 Å². The van der Waals surface area contributed by atoms with Crippen molar-refractivity contribution in [2.45, 2.75) is 26.2 Å². The standard InChI is InChI=1S/C13H14BrNO4/c1-13(2,3)10-9(12(16)17-4)19-11(15-10)7-5-6-8(14)18-7/h5-6H,1-4H3. The molecule has 0 fully saturated rings. The molecule has 0 bridgehead atoms. The Morgan fingerprint density at radius 2 is 2.00 bits per heavy atom. The predicted molar refractivity (Wildman–Crippen MR) is 71.9 cm³/mol. The molecule has 0 saturated carbocycles. The Kier molecular flexibility index (Phi) is 3.54. The number of hydrogen-bond acceptors (Lipinski definition) is 5. The highest BCUT2D eigenvalue weighted by molar-refractivity contribution is 9.10.